The van der Waals surface area contributed by atoms with Gasteiger partial charge in [-0.2, -0.15) is 4.73 Å². The number of likely N-dealkylation sites (tertiary alicyclic amines) is 1. The van der Waals surface area contributed by atoms with Gasteiger partial charge in [-0.3, -0.25) is 33.6 Å². The Balaban J connectivity index is 0.0000168. The molecule has 24 heteroatoms. The molecule has 22 nitrogen and oxygen atoms in total. The Labute approximate surface area is 494 Å². The molecule has 0 aliphatic carbocycles. The molecular formula is C56H85N10NaO12S. The minimum absolute atomic E-state index is 0. The average Bonchev–Trinajstić information content (AvgIpc) is 4.14. The Hall–Kier alpha value is -5.46. The molecule has 3 heterocycles. The van der Waals surface area contributed by atoms with Crippen LogP contribution in [0, 0.1) is 28.9 Å². The van der Waals surface area contributed by atoms with Gasteiger partial charge in [0.05, 0.1) is 34.3 Å². The summed E-state index contributed by atoms with van der Waals surface area (Å²) in [4.78, 5) is 109. The van der Waals surface area contributed by atoms with Gasteiger partial charge in [0.2, 0.25) is 47.0 Å². The fraction of sp³-hybridized carbons (Fsp3) is 0.625. The van der Waals surface area contributed by atoms with Crippen LogP contribution in [0.4, 0.5) is 0 Å². The van der Waals surface area contributed by atoms with E-state index < -0.39 is 87.6 Å². The zero-order valence-corrected chi connectivity index (χ0v) is 51.0. The predicted molar refractivity (Wildman–Crippen MR) is 295 cm³/mol. The number of hydrogen-bond donors (Lipinski definition) is 6. The van der Waals surface area contributed by atoms with Crippen molar-refractivity contribution in [3.63, 3.8) is 0 Å². The molecule has 2 aromatic heterocycles. The van der Waals surface area contributed by atoms with Crippen LogP contribution in [0.3, 0.4) is 0 Å². The van der Waals surface area contributed by atoms with Gasteiger partial charge in [0.25, 0.3) is 0 Å². The second-order valence-electron chi connectivity index (χ2n) is 21.7. The number of nitrogens with one attached hydrogen (secondary N) is 5. The Bertz CT molecular complexity index is 2560. The van der Waals surface area contributed by atoms with Crippen molar-refractivity contribution in [3.8, 4) is 0 Å². The van der Waals surface area contributed by atoms with Crippen LogP contribution >= 0.6 is 0 Å². The van der Waals surface area contributed by atoms with E-state index in [0.717, 1.165) is 5.56 Å². The molecule has 8 unspecified atom stereocenters. The van der Waals surface area contributed by atoms with Crippen molar-refractivity contribution in [1.82, 2.24) is 45.9 Å². The van der Waals surface area contributed by atoms with Crippen LogP contribution in [0.15, 0.2) is 67.3 Å². The molecule has 1 fully saturated rings. The summed E-state index contributed by atoms with van der Waals surface area (Å²) in [6.45, 7) is 11.4. The molecular weight excluding hydrogens is 1060 g/mol. The predicted octanol–water partition coefficient (Wildman–Crippen LogP) is -0.119. The van der Waals surface area contributed by atoms with E-state index in [0.29, 0.717) is 74.0 Å². The number of nitrogens with zero attached hydrogens (tertiary/aromatic N) is 5. The molecule has 0 spiro atoms. The second-order valence-corrected chi connectivity index (χ2v) is 23.3. The third-order valence-electron chi connectivity index (χ3n) is 14.8. The molecule has 0 saturated carbocycles. The summed E-state index contributed by atoms with van der Waals surface area (Å²) in [5.74, 6) is -5.19. The molecule has 0 radical (unpaired) electrons. The van der Waals surface area contributed by atoms with E-state index in [9.17, 15) is 56.8 Å². The van der Waals surface area contributed by atoms with Gasteiger partial charge in [0.1, 0.15) is 30.7 Å². The molecule has 0 bridgehead atoms. The monoisotopic (exact) mass is 1140 g/mol. The van der Waals surface area contributed by atoms with Crippen LogP contribution in [0.1, 0.15) is 129 Å². The first kappa shape index (κ1) is 68.8. The number of amides is 7. The number of aliphatic hydroxyl groups excluding tert-OH is 1. The molecule has 1 aromatic carbocycles. The number of imidazole rings is 1. The van der Waals surface area contributed by atoms with Crippen LogP contribution in [0.2, 0.25) is 0 Å². The number of H-pyrrole nitrogens is 1. The Morgan fingerprint density at radius 1 is 0.875 bits per heavy atom. The minimum Gasteiger partial charge on any atom is -0.748 e. The number of aromatic amines is 1. The summed E-state index contributed by atoms with van der Waals surface area (Å²) in [6.07, 6.45) is 7.43. The standard InChI is InChI=1S/C56H86N10O12S.Na/c1-9-39(6)51(55(73)58-35-42-22-17-18-27-66(42)75)62-52(70)43(38(4)5)33-48(67)44(30-37(2)3)60-54(72)47(32-41-34-57-36-59-41)64(8)56(74)45(31-40-20-13-12-14-21-40)61-53(71)46-23-19-26-65(46)50(69)25-16-11-10-15-24-49(68)63(7)28-29-79(76,77)78;/h12-14,17-18,20-22,27,34,36-39,43-48,51,67H,9-11,15-16,19,23-26,28-33,35H2,1-8H3,(H,57,59)(H,58,73)(H,60,72)(H,61,71)(H,62,70)(H,76,77,78);/q;+1/p-1. The number of carbonyl (C=O) groups excluding carboxylic acids is 7. The molecule has 7 amide bonds. The third kappa shape index (κ3) is 22.5. The summed E-state index contributed by atoms with van der Waals surface area (Å²) in [7, 11) is -1.52. The van der Waals surface area contributed by atoms with Gasteiger partial charge in [0.15, 0.2) is 6.20 Å². The fourth-order valence-corrected chi connectivity index (χ4v) is 10.2. The van der Waals surface area contributed by atoms with Crippen molar-refractivity contribution in [2.45, 2.75) is 168 Å². The maximum absolute atomic E-state index is 14.9. The Morgan fingerprint density at radius 2 is 1.55 bits per heavy atom. The summed E-state index contributed by atoms with van der Waals surface area (Å²) in [5, 5.41) is 36.0. The van der Waals surface area contributed by atoms with E-state index in [1.165, 1.54) is 47.5 Å². The van der Waals surface area contributed by atoms with E-state index in [2.05, 4.69) is 31.2 Å². The fourth-order valence-electron chi connectivity index (χ4n) is 9.73. The van der Waals surface area contributed by atoms with Crippen molar-refractivity contribution in [1.29, 1.82) is 0 Å². The van der Waals surface area contributed by atoms with Crippen LogP contribution in [0.25, 0.3) is 0 Å². The maximum atomic E-state index is 14.9. The largest absolute Gasteiger partial charge is 1.00 e. The topological polar surface area (TPSA) is 310 Å². The van der Waals surface area contributed by atoms with E-state index in [-0.39, 0.29) is 104 Å². The smallest absolute Gasteiger partial charge is 0.748 e. The Morgan fingerprint density at radius 3 is 2.16 bits per heavy atom. The van der Waals surface area contributed by atoms with Crippen LogP contribution in [-0.4, -0.2) is 153 Å². The molecule has 6 N–H and O–H groups in total. The first-order chi connectivity index (χ1) is 37.4. The van der Waals surface area contributed by atoms with Crippen molar-refractivity contribution >= 4 is 51.5 Å². The number of carbonyl (C=O) groups is 7. The number of unbranched alkanes of at least 4 members (excludes halogenated alkanes) is 3. The first-order valence-corrected chi connectivity index (χ1v) is 29.3. The molecule has 438 valence electrons. The van der Waals surface area contributed by atoms with Gasteiger partial charge in [-0.25, -0.2) is 13.4 Å². The number of hydrogen-bond acceptors (Lipinski definition) is 13. The van der Waals surface area contributed by atoms with Crippen LogP contribution in [-0.2, 0) is 63.1 Å². The maximum Gasteiger partial charge on any atom is 1.00 e. The van der Waals surface area contributed by atoms with E-state index in [4.69, 9.17) is 0 Å². The SMILES string of the molecule is CCC(C)C(NC(=O)C(CC(O)C(CC(C)C)NC(=O)C(Cc1cnc[nH]1)N(C)C(=O)C(Cc1ccccc1)NC(=O)C1CCCN1C(=O)CCCCCCC(=O)N(C)CCS(=O)(=O)[O-])C(C)C)C(=O)NCc1cccc[n+]1[O-].[Na+]. The number of likely N-dealkylation sites (N-methyl/N-ethyl adjacent to an activating group) is 1. The van der Waals surface area contributed by atoms with Gasteiger partial charge in [-0.05, 0) is 67.9 Å². The number of aromatic nitrogens is 3. The summed E-state index contributed by atoms with van der Waals surface area (Å²) < 4.78 is 33.5. The van der Waals surface area contributed by atoms with Crippen molar-refractivity contribution in [3.05, 3.63) is 89.4 Å². The quantitative estimate of drug-likeness (QED) is 0.0153. The van der Waals surface area contributed by atoms with Gasteiger partial charge in [-0.1, -0.05) is 91.1 Å². The number of rotatable bonds is 33. The molecule has 1 saturated heterocycles. The molecule has 8 atom stereocenters. The van der Waals surface area contributed by atoms with Gasteiger partial charge < -0.3 is 55.8 Å². The van der Waals surface area contributed by atoms with Gasteiger partial charge in [0, 0.05) is 82.8 Å². The molecule has 4 rings (SSSR count). The van der Waals surface area contributed by atoms with Crippen molar-refractivity contribution < 1.29 is 85.9 Å². The van der Waals surface area contributed by atoms with Gasteiger partial charge >= 0.3 is 29.6 Å². The molecule has 1 aliphatic heterocycles. The van der Waals surface area contributed by atoms with Gasteiger partial charge in [-0.15, -0.1) is 0 Å². The zero-order chi connectivity index (χ0) is 58.4. The second kappa shape index (κ2) is 34.1. The van der Waals surface area contributed by atoms with E-state index >= 15 is 0 Å². The Kier molecular flexibility index (Phi) is 29.3. The molecule has 80 heavy (non-hydrogen) atoms. The van der Waals surface area contributed by atoms with E-state index in [1.807, 2.05) is 71.9 Å². The summed E-state index contributed by atoms with van der Waals surface area (Å²) in [5.41, 5.74) is 1.59. The normalized spacial score (nSPS) is 16.1. The van der Waals surface area contributed by atoms with E-state index in [1.54, 1.807) is 18.2 Å². The first-order valence-electron chi connectivity index (χ1n) is 27.7. The van der Waals surface area contributed by atoms with Crippen LogP contribution in [0.5, 0.6) is 0 Å². The van der Waals surface area contributed by atoms with Crippen molar-refractivity contribution in [2.75, 3.05) is 32.9 Å². The van der Waals surface area contributed by atoms with Crippen molar-refractivity contribution in [2.24, 2.45) is 23.7 Å². The minimum atomic E-state index is -4.44. The number of pyridine rings is 1. The summed E-state index contributed by atoms with van der Waals surface area (Å²) in [6, 6.07) is 8.89. The molecule has 1 aliphatic rings. The number of aliphatic hydroxyl groups is 1. The zero-order valence-electron chi connectivity index (χ0n) is 48.2. The summed E-state index contributed by atoms with van der Waals surface area (Å²) >= 11 is 0. The molecule has 3 aromatic rings. The number of benzene rings is 1. The third-order valence-corrected chi connectivity index (χ3v) is 15.5. The van der Waals surface area contributed by atoms with Crippen LogP contribution < -0.4 is 55.6 Å². The average molecular weight is 1150 g/mol.